The number of carbonyl (C=O) groups is 2. The van der Waals surface area contributed by atoms with Crippen molar-refractivity contribution in [3.63, 3.8) is 0 Å². The van der Waals surface area contributed by atoms with Crippen LogP contribution in [-0.4, -0.2) is 66.4 Å². The molecule has 0 unspecified atom stereocenters. The molecular formula is C13H25N3O2. The van der Waals surface area contributed by atoms with Crippen LogP contribution in [0.2, 0.25) is 0 Å². The number of likely N-dealkylation sites (N-methyl/N-ethyl adjacent to an activating group) is 2. The van der Waals surface area contributed by atoms with E-state index >= 15 is 0 Å². The number of nitrogens with zero attached hydrogens (tertiary/aromatic N) is 3. The molecular weight excluding hydrogens is 230 g/mol. The fourth-order valence-corrected chi connectivity index (χ4v) is 2.27. The highest BCUT2D eigenvalue weighted by molar-refractivity contribution is 5.84. The number of hydrogen-bond acceptors (Lipinski definition) is 2. The van der Waals surface area contributed by atoms with Gasteiger partial charge in [-0.1, -0.05) is 0 Å². The van der Waals surface area contributed by atoms with E-state index in [1.54, 1.807) is 11.9 Å². The van der Waals surface area contributed by atoms with Gasteiger partial charge in [-0.2, -0.15) is 0 Å². The van der Waals surface area contributed by atoms with Crippen molar-refractivity contribution in [2.24, 2.45) is 0 Å². The molecule has 1 fully saturated rings. The summed E-state index contributed by atoms with van der Waals surface area (Å²) in [6.45, 7) is 7.12. The predicted molar refractivity (Wildman–Crippen MR) is 71.4 cm³/mol. The molecule has 0 aromatic rings. The monoisotopic (exact) mass is 255 g/mol. The number of urea groups is 1. The maximum atomic E-state index is 12.1. The zero-order valence-corrected chi connectivity index (χ0v) is 11.8. The van der Waals surface area contributed by atoms with Crippen LogP contribution in [0.15, 0.2) is 0 Å². The Labute approximate surface area is 110 Å². The molecule has 0 saturated carbocycles. The van der Waals surface area contributed by atoms with Gasteiger partial charge in [-0.05, 0) is 33.1 Å². The second-order valence-corrected chi connectivity index (χ2v) is 4.75. The lowest BCUT2D eigenvalue weighted by molar-refractivity contribution is -0.131. The topological polar surface area (TPSA) is 43.9 Å². The Balaban J connectivity index is 2.45. The number of rotatable bonds is 4. The van der Waals surface area contributed by atoms with Gasteiger partial charge in [0.1, 0.15) is 6.54 Å². The maximum absolute atomic E-state index is 12.1. The van der Waals surface area contributed by atoms with E-state index in [0.717, 1.165) is 25.9 Å². The molecule has 0 spiro atoms. The van der Waals surface area contributed by atoms with Crippen molar-refractivity contribution in [1.29, 1.82) is 0 Å². The van der Waals surface area contributed by atoms with E-state index in [2.05, 4.69) is 0 Å². The lowest BCUT2D eigenvalue weighted by Crippen LogP contribution is -2.47. The van der Waals surface area contributed by atoms with Crippen LogP contribution in [0.25, 0.3) is 0 Å². The van der Waals surface area contributed by atoms with Crippen LogP contribution in [0.1, 0.15) is 33.1 Å². The summed E-state index contributed by atoms with van der Waals surface area (Å²) in [5.41, 5.74) is 0. The van der Waals surface area contributed by atoms with E-state index in [9.17, 15) is 9.59 Å². The lowest BCUT2D eigenvalue weighted by Gasteiger charge is -2.31. The van der Waals surface area contributed by atoms with Crippen molar-refractivity contribution >= 4 is 11.9 Å². The van der Waals surface area contributed by atoms with Crippen molar-refractivity contribution in [3.8, 4) is 0 Å². The quantitative estimate of drug-likeness (QED) is 0.762. The molecule has 5 heteroatoms. The van der Waals surface area contributed by atoms with E-state index in [4.69, 9.17) is 0 Å². The number of carbonyl (C=O) groups excluding carboxylic acids is 2. The Hall–Kier alpha value is -1.26. The second-order valence-electron chi connectivity index (χ2n) is 4.75. The van der Waals surface area contributed by atoms with Crippen molar-refractivity contribution in [3.05, 3.63) is 0 Å². The van der Waals surface area contributed by atoms with Gasteiger partial charge in [0.15, 0.2) is 0 Å². The van der Waals surface area contributed by atoms with Gasteiger partial charge in [0, 0.05) is 33.2 Å². The fraction of sp³-hybridized carbons (Fsp3) is 0.846. The van der Waals surface area contributed by atoms with E-state index in [-0.39, 0.29) is 18.5 Å². The molecule has 5 nitrogen and oxygen atoms in total. The fourth-order valence-electron chi connectivity index (χ4n) is 2.27. The van der Waals surface area contributed by atoms with E-state index < -0.39 is 0 Å². The normalized spacial score (nSPS) is 15.4. The summed E-state index contributed by atoms with van der Waals surface area (Å²) in [7, 11) is 1.71. The Morgan fingerprint density at radius 1 is 1.06 bits per heavy atom. The summed E-state index contributed by atoms with van der Waals surface area (Å²) in [4.78, 5) is 29.2. The van der Waals surface area contributed by atoms with Gasteiger partial charge in [-0.25, -0.2) is 4.79 Å². The zero-order valence-electron chi connectivity index (χ0n) is 11.8. The minimum Gasteiger partial charge on any atom is -0.342 e. The Bertz CT molecular complexity index is 284. The summed E-state index contributed by atoms with van der Waals surface area (Å²) < 4.78 is 0. The summed E-state index contributed by atoms with van der Waals surface area (Å²) in [6, 6.07) is -0.0183. The van der Waals surface area contributed by atoms with Crippen molar-refractivity contribution in [1.82, 2.24) is 14.7 Å². The minimum atomic E-state index is -0.0183. The second kappa shape index (κ2) is 7.24. The average Bonchev–Trinajstić information content (AvgIpc) is 2.40. The SMILES string of the molecule is CCN(CC)C(=O)CN(C)C(=O)N1CCCCC1. The molecule has 1 rings (SSSR count). The van der Waals surface area contributed by atoms with Gasteiger partial charge in [0.2, 0.25) is 5.91 Å². The highest BCUT2D eigenvalue weighted by atomic mass is 16.2. The zero-order chi connectivity index (χ0) is 13.5. The highest BCUT2D eigenvalue weighted by Gasteiger charge is 2.22. The van der Waals surface area contributed by atoms with Crippen LogP contribution in [0, 0.1) is 0 Å². The van der Waals surface area contributed by atoms with E-state index in [1.807, 2.05) is 18.7 Å². The van der Waals surface area contributed by atoms with Crippen molar-refractivity contribution in [2.75, 3.05) is 39.8 Å². The molecule has 0 aliphatic carbocycles. The van der Waals surface area contributed by atoms with Gasteiger partial charge in [0.05, 0.1) is 0 Å². The average molecular weight is 255 g/mol. The summed E-state index contributed by atoms with van der Waals surface area (Å²) >= 11 is 0. The number of hydrogen-bond donors (Lipinski definition) is 0. The molecule has 1 saturated heterocycles. The largest absolute Gasteiger partial charge is 0.342 e. The molecule has 1 aliphatic heterocycles. The minimum absolute atomic E-state index is 0.0183. The molecule has 0 radical (unpaired) electrons. The number of amides is 3. The summed E-state index contributed by atoms with van der Waals surface area (Å²) in [6.07, 6.45) is 3.35. The smallest absolute Gasteiger partial charge is 0.320 e. The lowest BCUT2D eigenvalue weighted by atomic mass is 10.1. The molecule has 0 atom stereocenters. The maximum Gasteiger partial charge on any atom is 0.320 e. The molecule has 104 valence electrons. The predicted octanol–water partition coefficient (Wildman–Crippen LogP) is 1.39. The molecule has 1 heterocycles. The third kappa shape index (κ3) is 3.89. The van der Waals surface area contributed by atoms with Crippen molar-refractivity contribution in [2.45, 2.75) is 33.1 Å². The Morgan fingerprint density at radius 2 is 1.61 bits per heavy atom. The first-order chi connectivity index (χ1) is 8.60. The third-order valence-corrected chi connectivity index (χ3v) is 3.44. The van der Waals surface area contributed by atoms with Crippen LogP contribution in [0.3, 0.4) is 0 Å². The number of piperidine rings is 1. The van der Waals surface area contributed by atoms with E-state index in [0.29, 0.717) is 13.1 Å². The first-order valence-corrected chi connectivity index (χ1v) is 6.88. The van der Waals surface area contributed by atoms with Gasteiger partial charge >= 0.3 is 6.03 Å². The standard InChI is InChI=1S/C13H25N3O2/c1-4-15(5-2)12(17)11-14(3)13(18)16-9-7-6-8-10-16/h4-11H2,1-3H3. The van der Waals surface area contributed by atoms with Gasteiger partial charge in [-0.3, -0.25) is 4.79 Å². The molecule has 0 N–H and O–H groups in total. The van der Waals surface area contributed by atoms with Crippen LogP contribution in [0.5, 0.6) is 0 Å². The molecule has 0 aromatic carbocycles. The molecule has 1 aliphatic rings. The van der Waals surface area contributed by atoms with Crippen molar-refractivity contribution < 1.29 is 9.59 Å². The van der Waals surface area contributed by atoms with Gasteiger partial charge in [-0.15, -0.1) is 0 Å². The van der Waals surface area contributed by atoms with Gasteiger partial charge in [0.25, 0.3) is 0 Å². The van der Waals surface area contributed by atoms with Crippen LogP contribution in [0.4, 0.5) is 4.79 Å². The van der Waals surface area contributed by atoms with Crippen LogP contribution < -0.4 is 0 Å². The first kappa shape index (κ1) is 14.8. The first-order valence-electron chi connectivity index (χ1n) is 6.88. The van der Waals surface area contributed by atoms with E-state index in [1.165, 1.54) is 11.3 Å². The van der Waals surface area contributed by atoms with Crippen LogP contribution in [-0.2, 0) is 4.79 Å². The summed E-state index contributed by atoms with van der Waals surface area (Å²) in [5, 5.41) is 0. The summed E-state index contributed by atoms with van der Waals surface area (Å²) in [5.74, 6) is 0.0212. The number of likely N-dealkylation sites (tertiary alicyclic amines) is 1. The highest BCUT2D eigenvalue weighted by Crippen LogP contribution is 2.10. The molecule has 0 aromatic heterocycles. The van der Waals surface area contributed by atoms with Crippen LogP contribution >= 0.6 is 0 Å². The molecule has 18 heavy (non-hydrogen) atoms. The Kier molecular flexibility index (Phi) is 5.95. The third-order valence-electron chi connectivity index (χ3n) is 3.44. The Morgan fingerprint density at radius 3 is 2.11 bits per heavy atom. The molecule has 0 bridgehead atoms. The van der Waals surface area contributed by atoms with Gasteiger partial charge < -0.3 is 14.7 Å². The molecule has 3 amide bonds.